The largest absolute Gasteiger partial charge is 0.382 e. The fourth-order valence-electron chi connectivity index (χ4n) is 3.31. The normalized spacial score (nSPS) is 10.7. The van der Waals surface area contributed by atoms with Crippen LogP contribution >= 0.6 is 0 Å². The number of carbonyl (C=O) groups is 1. The number of imidazole rings is 1. The molecule has 9 nitrogen and oxygen atoms in total. The average molecular weight is 422 g/mol. The van der Waals surface area contributed by atoms with Crippen molar-refractivity contribution < 1.29 is 9.53 Å². The Labute approximate surface area is 181 Å². The minimum Gasteiger partial charge on any atom is -0.382 e. The third kappa shape index (κ3) is 5.71. The highest BCUT2D eigenvalue weighted by Gasteiger charge is 2.14. The first-order chi connectivity index (χ1) is 15.0. The lowest BCUT2D eigenvalue weighted by Gasteiger charge is -2.11. The van der Waals surface area contributed by atoms with Gasteiger partial charge in [0.05, 0.1) is 17.1 Å². The summed E-state index contributed by atoms with van der Waals surface area (Å²) in [6.07, 6.45) is 1.63. The second kappa shape index (κ2) is 10.4. The number of aryl methyl sites for hydroxylation is 2. The van der Waals surface area contributed by atoms with Crippen LogP contribution in [0.1, 0.15) is 36.8 Å². The first-order valence-electron chi connectivity index (χ1n) is 10.3. The molecule has 0 bridgehead atoms. The Morgan fingerprint density at radius 2 is 2.13 bits per heavy atom. The van der Waals surface area contributed by atoms with Gasteiger partial charge in [0.2, 0.25) is 0 Å². The lowest BCUT2D eigenvalue weighted by molar-refractivity contribution is 0.126. The molecule has 0 saturated heterocycles. The minimum absolute atomic E-state index is 0.297. The second-order valence-corrected chi connectivity index (χ2v) is 7.11. The zero-order valence-corrected chi connectivity index (χ0v) is 17.8. The van der Waals surface area contributed by atoms with Gasteiger partial charge >= 0.3 is 6.03 Å². The molecular weight excluding hydrogens is 394 g/mol. The highest BCUT2D eigenvalue weighted by molar-refractivity contribution is 5.89. The van der Waals surface area contributed by atoms with E-state index >= 15 is 0 Å². The molecular formula is C22H27N7O2. The maximum atomic E-state index is 12.1. The number of aromatic nitrogens is 3. The highest BCUT2D eigenvalue weighted by atomic mass is 16.5. The van der Waals surface area contributed by atoms with Crippen molar-refractivity contribution in [2.24, 2.45) is 0 Å². The molecule has 0 spiro atoms. The van der Waals surface area contributed by atoms with E-state index in [9.17, 15) is 4.79 Å². The van der Waals surface area contributed by atoms with Gasteiger partial charge in [0.15, 0.2) is 5.82 Å². The number of carbonyl (C=O) groups excluding carboxylic acids is 1. The molecule has 0 fully saturated rings. The maximum Gasteiger partial charge on any atom is 0.319 e. The number of amides is 2. The van der Waals surface area contributed by atoms with Gasteiger partial charge in [0, 0.05) is 31.1 Å². The fourth-order valence-corrected chi connectivity index (χ4v) is 3.31. The van der Waals surface area contributed by atoms with Crippen molar-refractivity contribution in [2.75, 3.05) is 24.2 Å². The van der Waals surface area contributed by atoms with Crippen LogP contribution in [0.3, 0.4) is 0 Å². The highest BCUT2D eigenvalue weighted by Crippen LogP contribution is 2.23. The topological polar surface area (TPSA) is 131 Å². The molecule has 0 aliphatic heterocycles. The molecule has 3 rings (SSSR count). The molecule has 4 N–H and O–H groups in total. The average Bonchev–Trinajstić information content (AvgIpc) is 3.09. The zero-order chi connectivity index (χ0) is 22.2. The van der Waals surface area contributed by atoms with Crippen molar-refractivity contribution >= 4 is 28.6 Å². The van der Waals surface area contributed by atoms with Crippen molar-refractivity contribution in [2.45, 2.75) is 39.8 Å². The summed E-state index contributed by atoms with van der Waals surface area (Å²) in [6.45, 7) is 6.12. The number of nitriles is 1. The standard InChI is InChI=1S/C22H27N7O2/c1-3-31-14-19-28-20-18(11-15(2)26-21(20)24)29(19)10-5-4-9-25-22(30)27-17-8-6-7-16(12-17)13-23/h6-8,11-12H,3-5,9-10,14H2,1-2H3,(H2,24,26)(H2,25,27,30). The van der Waals surface area contributed by atoms with E-state index in [-0.39, 0.29) is 6.03 Å². The number of hydrogen-bond donors (Lipinski definition) is 3. The Morgan fingerprint density at radius 3 is 2.90 bits per heavy atom. The van der Waals surface area contributed by atoms with Crippen molar-refractivity contribution in [3.8, 4) is 6.07 Å². The Kier molecular flexibility index (Phi) is 7.40. The maximum absolute atomic E-state index is 12.1. The number of ether oxygens (including phenoxy) is 1. The van der Waals surface area contributed by atoms with Gasteiger partial charge in [-0.25, -0.2) is 14.8 Å². The van der Waals surface area contributed by atoms with Gasteiger partial charge in [0.1, 0.15) is 17.9 Å². The van der Waals surface area contributed by atoms with Gasteiger partial charge < -0.3 is 25.7 Å². The second-order valence-electron chi connectivity index (χ2n) is 7.11. The molecule has 9 heteroatoms. The van der Waals surface area contributed by atoms with Crippen molar-refractivity contribution in [1.82, 2.24) is 19.9 Å². The SMILES string of the molecule is CCOCc1nc2c(N)nc(C)cc2n1CCCCNC(=O)Nc1cccc(C#N)c1. The molecule has 2 amide bonds. The van der Waals surface area contributed by atoms with E-state index < -0.39 is 0 Å². The Hall–Kier alpha value is -3.64. The fraction of sp³-hybridized carbons (Fsp3) is 0.364. The summed E-state index contributed by atoms with van der Waals surface area (Å²) in [7, 11) is 0. The van der Waals surface area contributed by atoms with Crippen molar-refractivity contribution in [3.63, 3.8) is 0 Å². The summed E-state index contributed by atoms with van der Waals surface area (Å²) >= 11 is 0. The monoisotopic (exact) mass is 421 g/mol. The molecule has 2 aromatic heterocycles. The third-order valence-corrected chi connectivity index (χ3v) is 4.75. The number of nitrogen functional groups attached to an aromatic ring is 1. The van der Waals surface area contributed by atoms with E-state index in [4.69, 9.17) is 15.7 Å². The van der Waals surface area contributed by atoms with E-state index in [1.54, 1.807) is 24.3 Å². The lowest BCUT2D eigenvalue weighted by Crippen LogP contribution is -2.29. The van der Waals surface area contributed by atoms with Crippen LogP contribution in [0.15, 0.2) is 30.3 Å². The van der Waals surface area contributed by atoms with Gasteiger partial charge in [-0.3, -0.25) is 0 Å². The predicted octanol–water partition coefficient (Wildman–Crippen LogP) is 3.33. The van der Waals surface area contributed by atoms with Gasteiger partial charge in [-0.1, -0.05) is 6.07 Å². The predicted molar refractivity (Wildman–Crippen MR) is 119 cm³/mol. The molecule has 31 heavy (non-hydrogen) atoms. The summed E-state index contributed by atoms with van der Waals surface area (Å²) in [4.78, 5) is 21.0. The summed E-state index contributed by atoms with van der Waals surface area (Å²) in [6, 6.07) is 10.5. The zero-order valence-electron chi connectivity index (χ0n) is 17.8. The molecule has 0 unspecified atom stereocenters. The quantitative estimate of drug-likeness (QED) is 0.454. The van der Waals surface area contributed by atoms with Gasteiger partial charge in [-0.05, 0) is 51.0 Å². The molecule has 0 aliphatic carbocycles. The number of anilines is 2. The molecule has 0 saturated carbocycles. The Bertz CT molecular complexity index is 1100. The number of nitrogens with zero attached hydrogens (tertiary/aromatic N) is 4. The Morgan fingerprint density at radius 1 is 1.29 bits per heavy atom. The molecule has 3 aromatic rings. The van der Waals surface area contributed by atoms with Gasteiger partial charge in [0.25, 0.3) is 0 Å². The first kappa shape index (κ1) is 22.1. The molecule has 2 heterocycles. The first-order valence-corrected chi connectivity index (χ1v) is 10.3. The number of pyridine rings is 1. The van der Waals surface area contributed by atoms with Crippen LogP contribution in [0.2, 0.25) is 0 Å². The van der Waals surface area contributed by atoms with E-state index in [2.05, 4.69) is 31.2 Å². The third-order valence-electron chi connectivity index (χ3n) is 4.75. The van der Waals surface area contributed by atoms with E-state index in [1.165, 1.54) is 0 Å². The van der Waals surface area contributed by atoms with Crippen LogP contribution in [-0.4, -0.2) is 33.7 Å². The van der Waals surface area contributed by atoms with E-state index in [0.29, 0.717) is 42.3 Å². The number of nitrogens with two attached hydrogens (primary N) is 1. The van der Waals surface area contributed by atoms with E-state index in [0.717, 1.165) is 36.4 Å². The summed E-state index contributed by atoms with van der Waals surface area (Å²) in [5.41, 5.74) is 9.62. The number of rotatable bonds is 9. The summed E-state index contributed by atoms with van der Waals surface area (Å²) < 4.78 is 7.68. The molecule has 0 aliphatic rings. The van der Waals surface area contributed by atoms with Crippen LogP contribution in [0.25, 0.3) is 11.0 Å². The van der Waals surface area contributed by atoms with E-state index in [1.807, 2.05) is 19.9 Å². The summed E-state index contributed by atoms with van der Waals surface area (Å²) in [5.74, 6) is 1.24. The molecule has 0 radical (unpaired) electrons. The van der Waals surface area contributed by atoms with Gasteiger partial charge in [-0.15, -0.1) is 0 Å². The van der Waals surface area contributed by atoms with Crippen LogP contribution in [0.4, 0.5) is 16.3 Å². The lowest BCUT2D eigenvalue weighted by atomic mass is 10.2. The number of fused-ring (bicyclic) bond motifs is 1. The van der Waals surface area contributed by atoms with Crippen LogP contribution in [0.5, 0.6) is 0 Å². The number of nitrogens with one attached hydrogen (secondary N) is 2. The smallest absolute Gasteiger partial charge is 0.319 e. The molecule has 0 atom stereocenters. The molecule has 1 aromatic carbocycles. The summed E-state index contributed by atoms with van der Waals surface area (Å²) in [5, 5.41) is 14.5. The van der Waals surface area contributed by atoms with Crippen LogP contribution < -0.4 is 16.4 Å². The number of benzene rings is 1. The van der Waals surface area contributed by atoms with Crippen LogP contribution in [0, 0.1) is 18.3 Å². The Balaban J connectivity index is 1.55. The number of unbranched alkanes of at least 4 members (excludes halogenated alkanes) is 1. The minimum atomic E-state index is -0.297. The van der Waals surface area contributed by atoms with Crippen molar-refractivity contribution in [3.05, 3.63) is 47.4 Å². The number of urea groups is 1. The number of hydrogen-bond acceptors (Lipinski definition) is 6. The van der Waals surface area contributed by atoms with Crippen molar-refractivity contribution in [1.29, 1.82) is 5.26 Å². The van der Waals surface area contributed by atoms with Crippen LogP contribution in [-0.2, 0) is 17.9 Å². The van der Waals surface area contributed by atoms with Gasteiger partial charge in [-0.2, -0.15) is 5.26 Å². The molecule has 162 valence electrons.